The van der Waals surface area contributed by atoms with Gasteiger partial charge in [-0.25, -0.2) is 0 Å². The van der Waals surface area contributed by atoms with E-state index in [9.17, 15) is 14.7 Å². The number of rotatable bonds is 6. The van der Waals surface area contributed by atoms with Crippen molar-refractivity contribution in [1.29, 1.82) is 0 Å². The van der Waals surface area contributed by atoms with Crippen LogP contribution in [0.2, 0.25) is 0 Å². The Morgan fingerprint density at radius 1 is 1.29 bits per heavy atom. The maximum Gasteiger partial charge on any atom is 0.299 e. The fourth-order valence-electron chi connectivity index (χ4n) is 2.26. The number of amides is 1. The van der Waals surface area contributed by atoms with Gasteiger partial charge in [-0.05, 0) is 30.7 Å². The third kappa shape index (κ3) is 3.70. The molecule has 1 amide bonds. The Morgan fingerprint density at radius 2 is 2.00 bits per heavy atom. The van der Waals surface area contributed by atoms with Crippen molar-refractivity contribution >= 4 is 33.3 Å². The summed E-state index contributed by atoms with van der Waals surface area (Å²) in [7, 11) is 0. The molecule has 0 fully saturated rings. The predicted molar refractivity (Wildman–Crippen MR) is 84.5 cm³/mol. The lowest BCUT2D eigenvalue weighted by molar-refractivity contribution is -0.114. The number of halogens is 1. The van der Waals surface area contributed by atoms with Gasteiger partial charge in [-0.1, -0.05) is 29.8 Å². The molecule has 0 saturated heterocycles. The van der Waals surface area contributed by atoms with E-state index in [1.54, 1.807) is 18.2 Å². The van der Waals surface area contributed by atoms with Gasteiger partial charge in [0.25, 0.3) is 11.7 Å². The van der Waals surface area contributed by atoms with E-state index < -0.39 is 17.8 Å². The molecule has 0 saturated carbocycles. The number of nitrogens with zero attached hydrogens (tertiary/aromatic N) is 1. The summed E-state index contributed by atoms with van der Waals surface area (Å²) in [5.74, 6) is -0.602. The average Bonchev–Trinajstić information content (AvgIpc) is 2.63. The second-order valence-corrected chi connectivity index (χ2v) is 6.53. The van der Waals surface area contributed by atoms with Crippen LogP contribution in [-0.2, 0) is 4.79 Å². The molecule has 6 heteroatoms. The molecule has 0 spiro atoms. The molecule has 0 aromatic heterocycles. The summed E-state index contributed by atoms with van der Waals surface area (Å²) >= 11 is 3.33. The van der Waals surface area contributed by atoms with E-state index in [2.05, 4.69) is 35.1 Å². The van der Waals surface area contributed by atoms with Crippen LogP contribution >= 0.6 is 15.9 Å². The van der Waals surface area contributed by atoms with Crippen molar-refractivity contribution in [3.8, 4) is 0 Å². The monoisotopic (exact) mass is 354 g/mol. The molecule has 2 N–H and O–H groups in total. The first-order valence-electron chi connectivity index (χ1n) is 6.94. The van der Waals surface area contributed by atoms with Crippen molar-refractivity contribution in [3.63, 3.8) is 0 Å². The molecule has 0 aliphatic carbocycles. The molecule has 1 atom stereocenters. The molecule has 1 aliphatic heterocycles. The molecule has 21 heavy (non-hydrogen) atoms. The molecule has 1 aromatic carbocycles. The largest absolute Gasteiger partial charge is 0.390 e. The highest BCUT2D eigenvalue weighted by Gasteiger charge is 2.36. The number of β-amino-alcohol motifs (C(OH)–C–C–N with tert-alkyl or cyclic N) is 1. The highest BCUT2D eigenvalue weighted by molar-refractivity contribution is 9.10. The van der Waals surface area contributed by atoms with E-state index in [-0.39, 0.29) is 6.54 Å². The van der Waals surface area contributed by atoms with E-state index in [1.165, 1.54) is 4.90 Å². The molecule has 2 rings (SSSR count). The number of anilines is 1. The molecule has 1 aliphatic rings. The van der Waals surface area contributed by atoms with Crippen LogP contribution in [0, 0.1) is 5.92 Å². The Labute approximate surface area is 132 Å². The quantitative estimate of drug-likeness (QED) is 0.761. The van der Waals surface area contributed by atoms with Gasteiger partial charge in [0.1, 0.15) is 0 Å². The second kappa shape index (κ2) is 6.68. The minimum absolute atomic E-state index is 0.110. The Hall–Kier alpha value is -1.24. The Balaban J connectivity index is 2.05. The fraction of sp³-hybridized carbons (Fsp3) is 0.467. The maximum absolute atomic E-state index is 12.0. The number of carbonyl (C=O) groups excluding carboxylic acids is 2. The molecule has 1 heterocycles. The zero-order valence-corrected chi connectivity index (χ0v) is 13.7. The number of aliphatic hydroxyl groups excluding tert-OH is 1. The number of carbonyl (C=O) groups is 2. The van der Waals surface area contributed by atoms with Gasteiger partial charge in [-0.15, -0.1) is 0 Å². The number of aliphatic hydroxyl groups is 1. The van der Waals surface area contributed by atoms with E-state index in [0.717, 1.165) is 11.0 Å². The average molecular weight is 355 g/mol. The highest BCUT2D eigenvalue weighted by Crippen LogP contribution is 2.31. The Morgan fingerprint density at radius 3 is 2.67 bits per heavy atom. The topological polar surface area (TPSA) is 69.6 Å². The van der Waals surface area contributed by atoms with Crippen LogP contribution in [0.5, 0.6) is 0 Å². The van der Waals surface area contributed by atoms with Gasteiger partial charge in [0, 0.05) is 11.0 Å². The zero-order chi connectivity index (χ0) is 15.6. The van der Waals surface area contributed by atoms with Crippen LogP contribution in [0.3, 0.4) is 0 Å². The number of hydrogen-bond acceptors (Lipinski definition) is 4. The summed E-state index contributed by atoms with van der Waals surface area (Å²) in [6.45, 7) is 5.45. The second-order valence-electron chi connectivity index (χ2n) is 5.61. The van der Waals surface area contributed by atoms with Gasteiger partial charge in [0.05, 0.1) is 23.9 Å². The number of benzene rings is 1. The van der Waals surface area contributed by atoms with Gasteiger partial charge < -0.3 is 15.3 Å². The lowest BCUT2D eigenvalue weighted by Gasteiger charge is -2.21. The standard InChI is InChI=1S/C15H19BrN2O3/c1-9(2)6-17-7-11(19)8-18-13-5-10(16)3-4-12(13)14(20)15(18)21/h3-5,9,11,17,19H,6-8H2,1-2H3. The van der Waals surface area contributed by atoms with Crippen LogP contribution in [-0.4, -0.2) is 42.5 Å². The summed E-state index contributed by atoms with van der Waals surface area (Å²) in [5.41, 5.74) is 0.952. The first-order chi connectivity index (χ1) is 9.90. The van der Waals surface area contributed by atoms with Gasteiger partial charge in [-0.2, -0.15) is 0 Å². The van der Waals surface area contributed by atoms with Crippen molar-refractivity contribution in [1.82, 2.24) is 5.32 Å². The van der Waals surface area contributed by atoms with E-state index >= 15 is 0 Å². The maximum atomic E-state index is 12.0. The number of hydrogen-bond donors (Lipinski definition) is 2. The van der Waals surface area contributed by atoms with Gasteiger partial charge in [0.15, 0.2) is 0 Å². The lowest BCUT2D eigenvalue weighted by Crippen LogP contribution is -2.41. The van der Waals surface area contributed by atoms with Crippen molar-refractivity contribution in [2.45, 2.75) is 20.0 Å². The number of Topliss-reactive ketones (excluding diaryl/α,β-unsaturated/α-hetero) is 1. The van der Waals surface area contributed by atoms with Gasteiger partial charge in [0.2, 0.25) is 0 Å². The summed E-state index contributed by atoms with van der Waals surface area (Å²) in [4.78, 5) is 25.3. The number of ketones is 1. The molecule has 0 radical (unpaired) electrons. The van der Waals surface area contributed by atoms with Crippen molar-refractivity contribution in [2.24, 2.45) is 5.92 Å². The van der Waals surface area contributed by atoms with Crippen molar-refractivity contribution in [2.75, 3.05) is 24.5 Å². The number of fused-ring (bicyclic) bond motifs is 1. The van der Waals surface area contributed by atoms with Crippen molar-refractivity contribution in [3.05, 3.63) is 28.2 Å². The summed E-state index contributed by atoms with van der Waals surface area (Å²) in [6, 6.07) is 5.09. The smallest absolute Gasteiger partial charge is 0.299 e. The first kappa shape index (κ1) is 16.1. The molecule has 1 unspecified atom stereocenters. The minimum atomic E-state index is -0.717. The summed E-state index contributed by atoms with van der Waals surface area (Å²) in [6.07, 6.45) is -0.717. The van der Waals surface area contributed by atoms with Gasteiger partial charge >= 0.3 is 0 Å². The normalized spacial score (nSPS) is 15.8. The molecule has 1 aromatic rings. The zero-order valence-electron chi connectivity index (χ0n) is 12.1. The molecular weight excluding hydrogens is 336 g/mol. The third-order valence-corrected chi connectivity index (χ3v) is 3.75. The van der Waals surface area contributed by atoms with Crippen LogP contribution < -0.4 is 10.2 Å². The highest BCUT2D eigenvalue weighted by atomic mass is 79.9. The van der Waals surface area contributed by atoms with Crippen molar-refractivity contribution < 1.29 is 14.7 Å². The van der Waals surface area contributed by atoms with Gasteiger partial charge in [-0.3, -0.25) is 9.59 Å². The van der Waals surface area contributed by atoms with Crippen LogP contribution in [0.4, 0.5) is 5.69 Å². The number of nitrogens with one attached hydrogen (secondary N) is 1. The summed E-state index contributed by atoms with van der Waals surface area (Å²) < 4.78 is 0.793. The Bertz CT molecular complexity index is 560. The van der Waals surface area contributed by atoms with Crippen LogP contribution in [0.15, 0.2) is 22.7 Å². The van der Waals surface area contributed by atoms with E-state index in [1.807, 2.05) is 0 Å². The first-order valence-corrected chi connectivity index (χ1v) is 7.74. The minimum Gasteiger partial charge on any atom is -0.390 e. The molecule has 0 bridgehead atoms. The molecular formula is C15H19BrN2O3. The third-order valence-electron chi connectivity index (χ3n) is 3.26. The Kier molecular flexibility index (Phi) is 5.13. The van der Waals surface area contributed by atoms with Crippen LogP contribution in [0.1, 0.15) is 24.2 Å². The fourth-order valence-corrected chi connectivity index (χ4v) is 2.61. The summed E-state index contributed by atoms with van der Waals surface area (Å²) in [5, 5.41) is 13.2. The predicted octanol–water partition coefficient (Wildman–Crippen LogP) is 1.58. The van der Waals surface area contributed by atoms with E-state index in [0.29, 0.717) is 23.7 Å². The lowest BCUT2D eigenvalue weighted by atomic mass is 10.1. The van der Waals surface area contributed by atoms with E-state index in [4.69, 9.17) is 0 Å². The molecule has 114 valence electrons. The van der Waals surface area contributed by atoms with Crippen LogP contribution in [0.25, 0.3) is 0 Å². The molecule has 5 nitrogen and oxygen atoms in total. The SMILES string of the molecule is CC(C)CNCC(O)CN1C(=O)C(=O)c2ccc(Br)cc21.